The van der Waals surface area contributed by atoms with Crippen LogP contribution in [0.15, 0.2) is 24.3 Å². The molecule has 0 fully saturated rings. The summed E-state index contributed by atoms with van der Waals surface area (Å²) < 4.78 is 28.9. The molecule has 1 aliphatic rings. The summed E-state index contributed by atoms with van der Waals surface area (Å²) in [6, 6.07) is 5.15. The van der Waals surface area contributed by atoms with Crippen LogP contribution in [0.25, 0.3) is 5.95 Å². The van der Waals surface area contributed by atoms with E-state index in [9.17, 15) is 13.6 Å². The second-order valence-corrected chi connectivity index (χ2v) is 6.72. The van der Waals surface area contributed by atoms with Crippen molar-refractivity contribution < 1.29 is 13.6 Å². The Bertz CT molecular complexity index is 1040. The average Bonchev–Trinajstić information content (AvgIpc) is 2.89. The highest BCUT2D eigenvalue weighted by Crippen LogP contribution is 2.40. The quantitative estimate of drug-likeness (QED) is 0.752. The number of carbonyl (C=O) groups is 1. The van der Waals surface area contributed by atoms with Gasteiger partial charge in [-0.25, -0.2) is 18.7 Å². The number of hydrogen-bond acceptors (Lipinski definition) is 4. The largest absolute Gasteiger partial charge is 0.310 e. The number of benzene rings is 1. The fourth-order valence-corrected chi connectivity index (χ4v) is 3.55. The van der Waals surface area contributed by atoms with E-state index >= 15 is 0 Å². The van der Waals surface area contributed by atoms with E-state index in [-0.39, 0.29) is 12.3 Å². The highest BCUT2D eigenvalue weighted by Gasteiger charge is 2.33. The molecule has 0 spiro atoms. The maximum Gasteiger partial charge on any atom is 0.252 e. The number of nitrogens with zero attached hydrogens (tertiary/aromatic N) is 4. The second-order valence-electron chi connectivity index (χ2n) is 6.72. The Hall–Kier alpha value is -3.16. The third kappa shape index (κ3) is 3.07. The van der Waals surface area contributed by atoms with Crippen molar-refractivity contribution in [3.63, 3.8) is 0 Å². The van der Waals surface area contributed by atoms with Crippen LogP contribution in [0, 0.1) is 32.4 Å². The topological polar surface area (TPSA) is 72.7 Å². The maximum atomic E-state index is 13.7. The maximum absolute atomic E-state index is 13.7. The van der Waals surface area contributed by atoms with Gasteiger partial charge in [0.05, 0.1) is 5.69 Å². The first-order valence-corrected chi connectivity index (χ1v) is 8.50. The van der Waals surface area contributed by atoms with Gasteiger partial charge in [0, 0.05) is 35.4 Å². The number of aryl methyl sites for hydroxylation is 3. The molecule has 6 nitrogen and oxygen atoms in total. The minimum Gasteiger partial charge on any atom is -0.310 e. The molecule has 0 radical (unpaired) electrons. The predicted molar refractivity (Wildman–Crippen MR) is 94.8 cm³/mol. The fourth-order valence-electron chi connectivity index (χ4n) is 3.55. The van der Waals surface area contributed by atoms with E-state index in [0.29, 0.717) is 28.6 Å². The standard InChI is InChI=1S/C19H17F2N5O/c1-9-4-10(2)23-19(22-9)26-18-17(11(3)25-26)15(8-16(27)24-18)12-5-13(20)7-14(21)6-12/h4-7,15H,8H2,1-3H3,(H,24,27)/t15-/m1/s1. The van der Waals surface area contributed by atoms with Crippen molar-refractivity contribution in [2.45, 2.75) is 33.1 Å². The number of nitrogens with one attached hydrogen (secondary N) is 1. The molecule has 8 heteroatoms. The van der Waals surface area contributed by atoms with E-state index in [4.69, 9.17) is 0 Å². The van der Waals surface area contributed by atoms with E-state index in [0.717, 1.165) is 17.5 Å². The average molecular weight is 369 g/mol. The Kier molecular flexibility index (Phi) is 3.98. The number of carbonyl (C=O) groups excluding carboxylic acids is 1. The van der Waals surface area contributed by atoms with Gasteiger partial charge in [0.25, 0.3) is 5.95 Å². The minimum absolute atomic E-state index is 0.0795. The molecule has 3 aromatic rings. The third-order valence-electron chi connectivity index (χ3n) is 4.55. The SMILES string of the molecule is Cc1cc(C)nc(-n2nc(C)c3c2NC(=O)C[C@@H]3c2cc(F)cc(F)c2)n1. The van der Waals surface area contributed by atoms with Gasteiger partial charge < -0.3 is 5.32 Å². The summed E-state index contributed by atoms with van der Waals surface area (Å²) in [5.41, 5.74) is 3.29. The van der Waals surface area contributed by atoms with Crippen LogP contribution < -0.4 is 5.32 Å². The minimum atomic E-state index is -0.680. The van der Waals surface area contributed by atoms with Crippen LogP contribution in [0.1, 0.15) is 40.5 Å². The van der Waals surface area contributed by atoms with Gasteiger partial charge >= 0.3 is 0 Å². The van der Waals surface area contributed by atoms with Gasteiger partial charge in [-0.2, -0.15) is 9.78 Å². The molecule has 27 heavy (non-hydrogen) atoms. The molecule has 0 saturated heterocycles. The second kappa shape index (κ2) is 6.22. The zero-order chi connectivity index (χ0) is 19.3. The first-order chi connectivity index (χ1) is 12.8. The van der Waals surface area contributed by atoms with Crippen molar-refractivity contribution in [1.29, 1.82) is 0 Å². The van der Waals surface area contributed by atoms with Crippen molar-refractivity contribution in [1.82, 2.24) is 19.7 Å². The number of amides is 1. The zero-order valence-corrected chi connectivity index (χ0v) is 15.0. The van der Waals surface area contributed by atoms with E-state index in [2.05, 4.69) is 20.4 Å². The number of hydrogen-bond donors (Lipinski definition) is 1. The van der Waals surface area contributed by atoms with E-state index in [1.54, 1.807) is 6.92 Å². The molecular weight excluding hydrogens is 352 g/mol. The van der Waals surface area contributed by atoms with Crippen molar-refractivity contribution in [2.24, 2.45) is 0 Å². The Balaban J connectivity index is 1.91. The molecule has 3 heterocycles. The number of aromatic nitrogens is 4. The summed E-state index contributed by atoms with van der Waals surface area (Å²) >= 11 is 0. The summed E-state index contributed by atoms with van der Waals surface area (Å²) in [6.07, 6.45) is 0.0795. The molecule has 138 valence electrons. The number of fused-ring (bicyclic) bond motifs is 1. The molecule has 0 aliphatic carbocycles. The van der Waals surface area contributed by atoms with Crippen molar-refractivity contribution in [3.8, 4) is 5.95 Å². The summed E-state index contributed by atoms with van der Waals surface area (Å²) in [7, 11) is 0. The van der Waals surface area contributed by atoms with Crippen molar-refractivity contribution in [3.05, 3.63) is 64.1 Å². The van der Waals surface area contributed by atoms with Crippen LogP contribution in [0.2, 0.25) is 0 Å². The monoisotopic (exact) mass is 369 g/mol. The highest BCUT2D eigenvalue weighted by molar-refractivity contribution is 5.95. The van der Waals surface area contributed by atoms with E-state index < -0.39 is 17.6 Å². The molecule has 0 bridgehead atoms. The Morgan fingerprint density at radius 2 is 1.67 bits per heavy atom. The first-order valence-electron chi connectivity index (χ1n) is 8.50. The van der Waals surface area contributed by atoms with Gasteiger partial charge in [-0.05, 0) is 44.5 Å². The fraction of sp³-hybridized carbons (Fsp3) is 0.263. The van der Waals surface area contributed by atoms with Gasteiger partial charge in [0.15, 0.2) is 0 Å². The highest BCUT2D eigenvalue weighted by atomic mass is 19.1. The molecule has 2 aromatic heterocycles. The summed E-state index contributed by atoms with van der Waals surface area (Å²) in [5, 5.41) is 7.30. The lowest BCUT2D eigenvalue weighted by Gasteiger charge is -2.24. The summed E-state index contributed by atoms with van der Waals surface area (Å²) in [5.74, 6) is -1.35. The first kappa shape index (κ1) is 17.3. The predicted octanol–water partition coefficient (Wildman–Crippen LogP) is 3.34. The lowest BCUT2D eigenvalue weighted by molar-refractivity contribution is -0.116. The Labute approximate surface area is 154 Å². The van der Waals surface area contributed by atoms with Crippen LogP contribution in [0.4, 0.5) is 14.6 Å². The lowest BCUT2D eigenvalue weighted by atomic mass is 9.85. The van der Waals surface area contributed by atoms with E-state index in [1.807, 2.05) is 19.9 Å². The molecule has 1 atom stereocenters. The molecule has 1 aromatic carbocycles. The van der Waals surface area contributed by atoms with Crippen LogP contribution in [0.3, 0.4) is 0 Å². The van der Waals surface area contributed by atoms with Crippen LogP contribution in [-0.4, -0.2) is 25.7 Å². The smallest absolute Gasteiger partial charge is 0.252 e. The molecule has 1 N–H and O–H groups in total. The molecule has 1 amide bonds. The molecule has 0 unspecified atom stereocenters. The third-order valence-corrected chi connectivity index (χ3v) is 4.55. The molecule has 0 saturated carbocycles. The number of halogens is 2. The van der Waals surface area contributed by atoms with Crippen molar-refractivity contribution in [2.75, 3.05) is 5.32 Å². The van der Waals surface area contributed by atoms with Crippen LogP contribution in [-0.2, 0) is 4.79 Å². The van der Waals surface area contributed by atoms with Gasteiger partial charge in [0.2, 0.25) is 5.91 Å². The normalized spacial score (nSPS) is 16.2. The molecule has 1 aliphatic heterocycles. The number of rotatable bonds is 2. The Morgan fingerprint density at radius 1 is 1.04 bits per heavy atom. The zero-order valence-electron chi connectivity index (χ0n) is 15.0. The number of anilines is 1. The molecular formula is C19H17F2N5O. The molecule has 4 rings (SSSR count). The summed E-state index contributed by atoms with van der Waals surface area (Å²) in [4.78, 5) is 21.1. The van der Waals surface area contributed by atoms with Crippen molar-refractivity contribution >= 4 is 11.7 Å². The lowest BCUT2D eigenvalue weighted by Crippen LogP contribution is -2.25. The van der Waals surface area contributed by atoms with Gasteiger partial charge in [-0.1, -0.05) is 0 Å². The van der Waals surface area contributed by atoms with Crippen LogP contribution >= 0.6 is 0 Å². The van der Waals surface area contributed by atoms with Gasteiger partial charge in [-0.3, -0.25) is 4.79 Å². The van der Waals surface area contributed by atoms with Crippen LogP contribution in [0.5, 0.6) is 0 Å². The van der Waals surface area contributed by atoms with E-state index in [1.165, 1.54) is 16.8 Å². The van der Waals surface area contributed by atoms with Gasteiger partial charge in [-0.15, -0.1) is 0 Å². The summed E-state index contributed by atoms with van der Waals surface area (Å²) in [6.45, 7) is 5.48. The Morgan fingerprint density at radius 3 is 2.30 bits per heavy atom. The van der Waals surface area contributed by atoms with Gasteiger partial charge in [0.1, 0.15) is 17.5 Å².